The van der Waals surface area contributed by atoms with Crippen LogP contribution >= 0.6 is 0 Å². The topological polar surface area (TPSA) is 35.5 Å². The molecule has 1 aliphatic heterocycles. The van der Waals surface area contributed by atoms with E-state index in [-0.39, 0.29) is 30.7 Å². The van der Waals surface area contributed by atoms with Crippen LogP contribution in [0.25, 0.3) is 0 Å². The van der Waals surface area contributed by atoms with Gasteiger partial charge in [0.05, 0.1) is 18.3 Å². The van der Waals surface area contributed by atoms with Crippen molar-refractivity contribution in [3.8, 4) is 0 Å². The molecule has 1 aromatic carbocycles. The summed E-state index contributed by atoms with van der Waals surface area (Å²) in [5, 5.41) is 0. The van der Waals surface area contributed by atoms with Gasteiger partial charge in [0.15, 0.2) is 5.78 Å². The largest absolute Gasteiger partial charge is 0.375 e. The van der Waals surface area contributed by atoms with Crippen LogP contribution in [0.15, 0.2) is 18.2 Å². The minimum atomic E-state index is 0.0676. The van der Waals surface area contributed by atoms with Crippen LogP contribution < -0.4 is 0 Å². The summed E-state index contributed by atoms with van der Waals surface area (Å²) in [7, 11) is 0. The normalized spacial score (nSPS) is 26.5. The molecule has 2 rings (SSSR count). The summed E-state index contributed by atoms with van der Waals surface area (Å²) in [5.41, 5.74) is 2.89. The van der Waals surface area contributed by atoms with E-state index in [1.54, 1.807) is 0 Å². The summed E-state index contributed by atoms with van der Waals surface area (Å²) in [6, 6.07) is 5.95. The van der Waals surface area contributed by atoms with Crippen LogP contribution in [0.2, 0.25) is 0 Å². The monoisotopic (exact) mass is 276 g/mol. The van der Waals surface area contributed by atoms with Gasteiger partial charge in [-0.25, -0.2) is 0 Å². The maximum Gasteiger partial charge on any atom is 0.188 e. The van der Waals surface area contributed by atoms with Gasteiger partial charge in [-0.05, 0) is 52.2 Å². The Hall–Kier alpha value is -1.19. The van der Waals surface area contributed by atoms with Crippen LogP contribution in [-0.4, -0.2) is 30.7 Å². The lowest BCUT2D eigenvalue weighted by Crippen LogP contribution is -2.35. The average molecular weight is 276 g/mol. The lowest BCUT2D eigenvalue weighted by molar-refractivity contribution is -0.0975. The first-order valence-corrected chi connectivity index (χ1v) is 7.33. The van der Waals surface area contributed by atoms with E-state index in [0.29, 0.717) is 0 Å². The van der Waals surface area contributed by atoms with Gasteiger partial charge >= 0.3 is 0 Å². The van der Waals surface area contributed by atoms with Crippen molar-refractivity contribution in [2.75, 3.05) is 6.61 Å². The second-order valence-electron chi connectivity index (χ2n) is 5.90. The maximum absolute atomic E-state index is 12.3. The van der Waals surface area contributed by atoms with E-state index in [9.17, 15) is 4.79 Å². The molecule has 1 saturated heterocycles. The van der Waals surface area contributed by atoms with Gasteiger partial charge in [0.1, 0.15) is 6.61 Å². The van der Waals surface area contributed by atoms with Crippen molar-refractivity contribution in [1.82, 2.24) is 0 Å². The first-order chi connectivity index (χ1) is 9.45. The smallest absolute Gasteiger partial charge is 0.188 e. The van der Waals surface area contributed by atoms with Crippen LogP contribution in [0.1, 0.15) is 48.2 Å². The van der Waals surface area contributed by atoms with Crippen molar-refractivity contribution >= 4 is 5.78 Å². The molecule has 0 spiro atoms. The number of carbonyl (C=O) groups excluding carboxylic acids is 1. The number of Topliss-reactive ketones (excluding diaryl/α,β-unsaturated/α-hetero) is 1. The van der Waals surface area contributed by atoms with Crippen LogP contribution in [0.3, 0.4) is 0 Å². The van der Waals surface area contributed by atoms with Crippen LogP contribution in [0.5, 0.6) is 0 Å². The second kappa shape index (κ2) is 6.51. The molecule has 0 N–H and O–H groups in total. The number of benzene rings is 1. The lowest BCUT2D eigenvalue weighted by atomic mass is 10.0. The number of ether oxygens (including phenoxy) is 2. The highest BCUT2D eigenvalue weighted by atomic mass is 16.5. The molecule has 0 radical (unpaired) electrons. The third-order valence-corrected chi connectivity index (χ3v) is 3.80. The SMILES string of the molecule is Cc1ccc(C)c(C(=O)COC2CC(C)OC(C)C2)c1. The summed E-state index contributed by atoms with van der Waals surface area (Å²) in [4.78, 5) is 12.3. The van der Waals surface area contributed by atoms with Gasteiger partial charge in [-0.2, -0.15) is 0 Å². The van der Waals surface area contributed by atoms with Gasteiger partial charge in [0, 0.05) is 5.56 Å². The summed E-state index contributed by atoms with van der Waals surface area (Å²) >= 11 is 0. The molecule has 0 saturated carbocycles. The third kappa shape index (κ3) is 3.90. The van der Waals surface area contributed by atoms with Crippen molar-refractivity contribution in [2.24, 2.45) is 0 Å². The molecule has 20 heavy (non-hydrogen) atoms. The first-order valence-electron chi connectivity index (χ1n) is 7.33. The average Bonchev–Trinajstić information content (AvgIpc) is 2.38. The van der Waals surface area contributed by atoms with Crippen molar-refractivity contribution in [2.45, 2.75) is 58.8 Å². The highest BCUT2D eigenvalue weighted by molar-refractivity contribution is 5.98. The second-order valence-corrected chi connectivity index (χ2v) is 5.90. The summed E-state index contributed by atoms with van der Waals surface area (Å²) in [6.45, 7) is 8.23. The molecule has 3 nitrogen and oxygen atoms in total. The standard InChI is InChI=1S/C17H24O3/c1-11-5-6-12(2)16(7-11)17(18)10-19-15-8-13(3)20-14(4)9-15/h5-7,13-15H,8-10H2,1-4H3. The molecule has 0 aromatic heterocycles. The lowest BCUT2D eigenvalue weighted by Gasteiger charge is -2.31. The molecule has 110 valence electrons. The van der Waals surface area contributed by atoms with Gasteiger partial charge < -0.3 is 9.47 Å². The zero-order valence-corrected chi connectivity index (χ0v) is 12.8. The van der Waals surface area contributed by atoms with E-state index in [2.05, 4.69) is 13.8 Å². The van der Waals surface area contributed by atoms with E-state index < -0.39 is 0 Å². The fraction of sp³-hybridized carbons (Fsp3) is 0.588. The van der Waals surface area contributed by atoms with Crippen LogP contribution in [0, 0.1) is 13.8 Å². The number of carbonyl (C=O) groups is 1. The van der Waals surface area contributed by atoms with Gasteiger partial charge in [-0.15, -0.1) is 0 Å². The Bertz CT molecular complexity index is 471. The Morgan fingerprint density at radius 3 is 2.55 bits per heavy atom. The number of hydrogen-bond acceptors (Lipinski definition) is 3. The summed E-state index contributed by atoms with van der Waals surface area (Å²) in [5.74, 6) is 0.0676. The molecule has 1 fully saturated rings. The highest BCUT2D eigenvalue weighted by Gasteiger charge is 2.25. The molecule has 1 aromatic rings. The van der Waals surface area contributed by atoms with E-state index >= 15 is 0 Å². The molecule has 0 amide bonds. The Morgan fingerprint density at radius 1 is 1.25 bits per heavy atom. The zero-order chi connectivity index (χ0) is 14.7. The molecule has 3 heteroatoms. The van der Waals surface area contributed by atoms with E-state index in [1.165, 1.54) is 0 Å². The molecule has 1 heterocycles. The van der Waals surface area contributed by atoms with Crippen LogP contribution in [-0.2, 0) is 9.47 Å². The minimum Gasteiger partial charge on any atom is -0.375 e. The summed E-state index contributed by atoms with van der Waals surface area (Å²) in [6.07, 6.45) is 2.27. The quantitative estimate of drug-likeness (QED) is 0.790. The Balaban J connectivity index is 1.93. The molecule has 2 unspecified atom stereocenters. The van der Waals surface area contributed by atoms with Crippen LogP contribution in [0.4, 0.5) is 0 Å². The maximum atomic E-state index is 12.3. The fourth-order valence-electron chi connectivity index (χ4n) is 2.79. The van der Waals surface area contributed by atoms with Crippen molar-refractivity contribution in [1.29, 1.82) is 0 Å². The molecule has 0 aliphatic carbocycles. The van der Waals surface area contributed by atoms with Gasteiger partial charge in [-0.1, -0.05) is 17.7 Å². The van der Waals surface area contributed by atoms with E-state index in [4.69, 9.17) is 9.47 Å². The van der Waals surface area contributed by atoms with Gasteiger partial charge in [-0.3, -0.25) is 4.79 Å². The van der Waals surface area contributed by atoms with Gasteiger partial charge in [0.2, 0.25) is 0 Å². The molecule has 2 atom stereocenters. The van der Waals surface area contributed by atoms with Gasteiger partial charge in [0.25, 0.3) is 0 Å². The van der Waals surface area contributed by atoms with Crippen molar-refractivity contribution in [3.05, 3.63) is 34.9 Å². The number of hydrogen-bond donors (Lipinski definition) is 0. The predicted molar refractivity (Wildman–Crippen MR) is 79.2 cm³/mol. The van der Waals surface area contributed by atoms with E-state index in [0.717, 1.165) is 29.5 Å². The highest BCUT2D eigenvalue weighted by Crippen LogP contribution is 2.22. The van der Waals surface area contributed by atoms with Crippen molar-refractivity contribution < 1.29 is 14.3 Å². The Morgan fingerprint density at radius 2 is 1.90 bits per heavy atom. The molecule has 1 aliphatic rings. The third-order valence-electron chi connectivity index (χ3n) is 3.80. The summed E-state index contributed by atoms with van der Waals surface area (Å²) < 4.78 is 11.5. The number of aryl methyl sites for hydroxylation is 2. The predicted octanol–water partition coefficient (Wildman–Crippen LogP) is 3.46. The Labute approximate surface area is 121 Å². The number of rotatable bonds is 4. The minimum absolute atomic E-state index is 0.0676. The zero-order valence-electron chi connectivity index (χ0n) is 12.8. The molecular weight excluding hydrogens is 252 g/mol. The first kappa shape index (κ1) is 15.2. The molecular formula is C17H24O3. The molecule has 0 bridgehead atoms. The fourth-order valence-corrected chi connectivity index (χ4v) is 2.79. The Kier molecular flexibility index (Phi) is 4.95. The van der Waals surface area contributed by atoms with E-state index in [1.807, 2.05) is 32.0 Å². The van der Waals surface area contributed by atoms with Crippen molar-refractivity contribution in [3.63, 3.8) is 0 Å². The number of ketones is 1.